The molecule has 102 valence electrons. The lowest BCUT2D eigenvalue weighted by atomic mass is 10.2. The van der Waals surface area contributed by atoms with E-state index >= 15 is 0 Å². The third-order valence-electron chi connectivity index (χ3n) is 2.51. The number of nitrogens with one attached hydrogen (secondary N) is 1. The Morgan fingerprint density at radius 2 is 2.40 bits per heavy atom. The monoisotopic (exact) mass is 287 g/mol. The third-order valence-corrected chi connectivity index (χ3v) is 3.54. The molecule has 0 fully saturated rings. The summed E-state index contributed by atoms with van der Waals surface area (Å²) in [4.78, 5) is 15.8. The molecule has 1 aromatic heterocycles. The van der Waals surface area contributed by atoms with E-state index in [0.717, 1.165) is 5.16 Å². The highest BCUT2D eigenvalue weighted by Gasteiger charge is 2.06. The molecule has 1 aromatic carbocycles. The van der Waals surface area contributed by atoms with E-state index in [0.29, 0.717) is 23.4 Å². The van der Waals surface area contributed by atoms with Crippen molar-refractivity contribution in [1.82, 2.24) is 14.8 Å². The fraction of sp³-hybridized carbons (Fsp3) is 0.231. The van der Waals surface area contributed by atoms with Gasteiger partial charge in [-0.3, -0.25) is 4.79 Å². The Labute approximate surface area is 120 Å². The Morgan fingerprint density at radius 1 is 1.55 bits per heavy atom. The summed E-state index contributed by atoms with van der Waals surface area (Å²) in [5.74, 6) is 0.533. The Balaban J connectivity index is 1.81. The second-order valence-corrected chi connectivity index (χ2v) is 5.07. The van der Waals surface area contributed by atoms with Gasteiger partial charge in [0.1, 0.15) is 6.33 Å². The van der Waals surface area contributed by atoms with Gasteiger partial charge in [0, 0.05) is 24.9 Å². The van der Waals surface area contributed by atoms with Gasteiger partial charge in [-0.2, -0.15) is 10.4 Å². The molecule has 1 heterocycles. The fourth-order valence-corrected chi connectivity index (χ4v) is 2.37. The molecule has 0 spiro atoms. The normalized spacial score (nSPS) is 10.0. The number of amides is 1. The lowest BCUT2D eigenvalue weighted by molar-refractivity contribution is -0.115. The van der Waals surface area contributed by atoms with Crippen molar-refractivity contribution in [3.05, 3.63) is 36.2 Å². The van der Waals surface area contributed by atoms with Gasteiger partial charge in [-0.05, 0) is 18.2 Å². The zero-order chi connectivity index (χ0) is 14.4. The SMILES string of the molecule is Cn1ncnc1SCCC(=O)Nc1cccc(C#N)c1. The molecule has 0 atom stereocenters. The van der Waals surface area contributed by atoms with Gasteiger partial charge in [-0.1, -0.05) is 17.8 Å². The van der Waals surface area contributed by atoms with Crippen LogP contribution in [0.1, 0.15) is 12.0 Å². The first-order valence-electron chi connectivity index (χ1n) is 5.96. The number of anilines is 1. The number of nitriles is 1. The molecule has 0 saturated heterocycles. The van der Waals surface area contributed by atoms with Crippen LogP contribution in [0, 0.1) is 11.3 Å². The van der Waals surface area contributed by atoms with Crippen LogP contribution in [0.4, 0.5) is 5.69 Å². The van der Waals surface area contributed by atoms with Crippen LogP contribution in [0.15, 0.2) is 35.7 Å². The summed E-state index contributed by atoms with van der Waals surface area (Å²) in [6, 6.07) is 8.87. The lowest BCUT2D eigenvalue weighted by Gasteiger charge is -2.05. The minimum Gasteiger partial charge on any atom is -0.326 e. The predicted octanol–water partition coefficient (Wildman–Crippen LogP) is 1.81. The van der Waals surface area contributed by atoms with Crippen molar-refractivity contribution in [2.24, 2.45) is 7.05 Å². The summed E-state index contributed by atoms with van der Waals surface area (Å²) in [5, 5.41) is 16.3. The van der Waals surface area contributed by atoms with Crippen molar-refractivity contribution in [2.75, 3.05) is 11.1 Å². The standard InChI is InChI=1S/C13H13N5OS/c1-18-13(15-9-16-18)20-6-5-12(19)17-11-4-2-3-10(7-11)8-14/h2-4,7,9H,5-6H2,1H3,(H,17,19). The van der Waals surface area contributed by atoms with Crippen LogP contribution >= 0.6 is 11.8 Å². The van der Waals surface area contributed by atoms with Gasteiger partial charge in [0.15, 0.2) is 5.16 Å². The van der Waals surface area contributed by atoms with Crippen LogP contribution < -0.4 is 5.32 Å². The first-order chi connectivity index (χ1) is 9.69. The number of carbonyl (C=O) groups excluding carboxylic acids is 1. The van der Waals surface area contributed by atoms with E-state index in [-0.39, 0.29) is 5.91 Å². The van der Waals surface area contributed by atoms with Crippen LogP contribution in [0.2, 0.25) is 0 Å². The molecule has 7 heteroatoms. The highest BCUT2D eigenvalue weighted by atomic mass is 32.2. The van der Waals surface area contributed by atoms with Crippen LogP contribution in [0.25, 0.3) is 0 Å². The van der Waals surface area contributed by atoms with E-state index in [1.165, 1.54) is 18.1 Å². The maximum absolute atomic E-state index is 11.8. The Kier molecular flexibility index (Phi) is 4.74. The van der Waals surface area contributed by atoms with Gasteiger partial charge in [-0.25, -0.2) is 9.67 Å². The molecule has 2 aromatic rings. The van der Waals surface area contributed by atoms with Crippen molar-refractivity contribution in [1.29, 1.82) is 5.26 Å². The zero-order valence-corrected chi connectivity index (χ0v) is 11.7. The van der Waals surface area contributed by atoms with Crippen LogP contribution in [0.5, 0.6) is 0 Å². The molecule has 20 heavy (non-hydrogen) atoms. The average molecular weight is 287 g/mol. The molecule has 0 bridgehead atoms. The molecular formula is C13H13N5OS. The maximum Gasteiger partial charge on any atom is 0.225 e. The number of benzene rings is 1. The van der Waals surface area contributed by atoms with Crippen LogP contribution in [-0.4, -0.2) is 26.4 Å². The molecule has 1 N–H and O–H groups in total. The van der Waals surface area contributed by atoms with Crippen LogP contribution in [0.3, 0.4) is 0 Å². The van der Waals surface area contributed by atoms with E-state index in [4.69, 9.17) is 5.26 Å². The van der Waals surface area contributed by atoms with Crippen molar-refractivity contribution < 1.29 is 4.79 Å². The molecule has 0 aliphatic carbocycles. The number of hydrogen-bond acceptors (Lipinski definition) is 5. The highest BCUT2D eigenvalue weighted by molar-refractivity contribution is 7.99. The highest BCUT2D eigenvalue weighted by Crippen LogP contribution is 2.15. The Morgan fingerprint density at radius 3 is 3.10 bits per heavy atom. The van der Waals surface area contributed by atoms with Gasteiger partial charge in [0.2, 0.25) is 5.91 Å². The summed E-state index contributed by atoms with van der Waals surface area (Å²) >= 11 is 1.48. The first-order valence-corrected chi connectivity index (χ1v) is 6.94. The largest absolute Gasteiger partial charge is 0.326 e. The number of nitrogens with zero attached hydrogens (tertiary/aromatic N) is 4. The van der Waals surface area contributed by atoms with Crippen LogP contribution in [-0.2, 0) is 11.8 Å². The van der Waals surface area contributed by atoms with E-state index in [2.05, 4.69) is 15.4 Å². The second-order valence-electron chi connectivity index (χ2n) is 4.01. The third kappa shape index (κ3) is 3.83. The van der Waals surface area contributed by atoms with Gasteiger partial charge in [-0.15, -0.1) is 0 Å². The number of aromatic nitrogens is 3. The number of carbonyl (C=O) groups is 1. The number of rotatable bonds is 5. The molecule has 0 aliphatic heterocycles. The van der Waals surface area contributed by atoms with E-state index in [9.17, 15) is 4.79 Å². The summed E-state index contributed by atoms with van der Waals surface area (Å²) in [6.45, 7) is 0. The molecule has 6 nitrogen and oxygen atoms in total. The maximum atomic E-state index is 11.8. The second kappa shape index (κ2) is 6.73. The van der Waals surface area contributed by atoms with E-state index < -0.39 is 0 Å². The molecular weight excluding hydrogens is 274 g/mol. The van der Waals surface area contributed by atoms with Gasteiger partial charge < -0.3 is 5.32 Å². The molecule has 0 aliphatic rings. The van der Waals surface area contributed by atoms with Crippen molar-refractivity contribution in [3.8, 4) is 6.07 Å². The Bertz CT molecular complexity index is 646. The van der Waals surface area contributed by atoms with Crippen molar-refractivity contribution in [2.45, 2.75) is 11.6 Å². The minimum atomic E-state index is -0.0882. The van der Waals surface area contributed by atoms with Gasteiger partial charge in [0.05, 0.1) is 11.6 Å². The average Bonchev–Trinajstić information content (AvgIpc) is 2.85. The number of hydrogen-bond donors (Lipinski definition) is 1. The van der Waals surface area contributed by atoms with Crippen molar-refractivity contribution in [3.63, 3.8) is 0 Å². The fourth-order valence-electron chi connectivity index (χ4n) is 1.54. The first kappa shape index (κ1) is 14.1. The molecule has 0 saturated carbocycles. The van der Waals surface area contributed by atoms with E-state index in [1.54, 1.807) is 28.9 Å². The number of thioether (sulfide) groups is 1. The molecule has 2 rings (SSSR count). The predicted molar refractivity (Wildman–Crippen MR) is 76.1 cm³/mol. The summed E-state index contributed by atoms with van der Waals surface area (Å²) in [6.07, 6.45) is 1.85. The quantitative estimate of drug-likeness (QED) is 0.848. The lowest BCUT2D eigenvalue weighted by Crippen LogP contribution is -2.12. The van der Waals surface area contributed by atoms with Gasteiger partial charge in [0.25, 0.3) is 0 Å². The minimum absolute atomic E-state index is 0.0882. The zero-order valence-electron chi connectivity index (χ0n) is 10.9. The Hall–Kier alpha value is -2.33. The smallest absolute Gasteiger partial charge is 0.225 e. The molecule has 0 radical (unpaired) electrons. The summed E-state index contributed by atoms with van der Waals surface area (Å²) in [5.41, 5.74) is 1.16. The topological polar surface area (TPSA) is 83.6 Å². The molecule has 1 amide bonds. The van der Waals surface area contributed by atoms with Gasteiger partial charge >= 0.3 is 0 Å². The number of aryl methyl sites for hydroxylation is 1. The molecule has 0 unspecified atom stereocenters. The van der Waals surface area contributed by atoms with Crippen molar-refractivity contribution >= 4 is 23.4 Å². The van der Waals surface area contributed by atoms with E-state index in [1.807, 2.05) is 13.1 Å². The summed E-state index contributed by atoms with van der Waals surface area (Å²) in [7, 11) is 1.81. The summed E-state index contributed by atoms with van der Waals surface area (Å²) < 4.78 is 1.67.